The average Bonchev–Trinajstić information content (AvgIpc) is 2.38. The molecule has 1 aromatic rings. The fourth-order valence-electron chi connectivity index (χ4n) is 2.06. The van der Waals surface area contributed by atoms with E-state index in [4.69, 9.17) is 9.47 Å². The number of amides is 1. The standard InChI is InChI=1S/C15H19NO4/c1-4-19-14(18)15(2,3)20-11-7-5-10-6-8-13(17)16-12(10)9-11/h5,7,9H,4,6,8H2,1-3H3,(H,16,17). The van der Waals surface area contributed by atoms with Crippen molar-refractivity contribution in [2.45, 2.75) is 39.2 Å². The Kier molecular flexibility index (Phi) is 3.97. The zero-order valence-corrected chi connectivity index (χ0v) is 12.0. The van der Waals surface area contributed by atoms with E-state index >= 15 is 0 Å². The first-order valence-corrected chi connectivity index (χ1v) is 6.71. The molecule has 0 fully saturated rings. The molecule has 0 aromatic heterocycles. The van der Waals surface area contributed by atoms with Gasteiger partial charge in [0.15, 0.2) is 5.60 Å². The van der Waals surface area contributed by atoms with Crippen molar-refractivity contribution in [1.82, 2.24) is 0 Å². The van der Waals surface area contributed by atoms with Gasteiger partial charge in [0, 0.05) is 18.2 Å². The maximum Gasteiger partial charge on any atom is 0.349 e. The lowest BCUT2D eigenvalue weighted by Crippen LogP contribution is -2.39. The number of nitrogens with one attached hydrogen (secondary N) is 1. The zero-order chi connectivity index (χ0) is 14.8. The Morgan fingerprint density at radius 1 is 1.35 bits per heavy atom. The summed E-state index contributed by atoms with van der Waals surface area (Å²) in [5, 5.41) is 2.81. The SMILES string of the molecule is CCOC(=O)C(C)(C)Oc1ccc2c(c1)NC(=O)CC2. The summed E-state index contributed by atoms with van der Waals surface area (Å²) in [7, 11) is 0. The summed E-state index contributed by atoms with van der Waals surface area (Å²) >= 11 is 0. The summed E-state index contributed by atoms with van der Waals surface area (Å²) in [5.74, 6) is 0.116. The predicted octanol–water partition coefficient (Wildman–Crippen LogP) is 2.29. The highest BCUT2D eigenvalue weighted by Crippen LogP contribution is 2.29. The third-order valence-corrected chi connectivity index (χ3v) is 3.12. The molecular weight excluding hydrogens is 258 g/mol. The lowest BCUT2D eigenvalue weighted by molar-refractivity contribution is -0.158. The number of hydrogen-bond donors (Lipinski definition) is 1. The highest BCUT2D eigenvalue weighted by Gasteiger charge is 2.31. The smallest absolute Gasteiger partial charge is 0.349 e. The molecule has 20 heavy (non-hydrogen) atoms. The normalized spacial score (nSPS) is 14.2. The molecule has 1 aliphatic rings. The van der Waals surface area contributed by atoms with Crippen LogP contribution in [0.15, 0.2) is 18.2 Å². The summed E-state index contributed by atoms with van der Waals surface area (Å²) in [6, 6.07) is 5.45. The first-order valence-electron chi connectivity index (χ1n) is 6.71. The van der Waals surface area contributed by atoms with Crippen molar-refractivity contribution >= 4 is 17.6 Å². The largest absolute Gasteiger partial charge is 0.476 e. The van der Waals surface area contributed by atoms with Crippen molar-refractivity contribution in [3.05, 3.63) is 23.8 Å². The molecule has 1 amide bonds. The minimum Gasteiger partial charge on any atom is -0.476 e. The van der Waals surface area contributed by atoms with Crippen LogP contribution in [0.4, 0.5) is 5.69 Å². The van der Waals surface area contributed by atoms with Crippen LogP contribution in [-0.4, -0.2) is 24.1 Å². The number of aryl methyl sites for hydroxylation is 1. The van der Waals surface area contributed by atoms with Crippen LogP contribution in [0.1, 0.15) is 32.8 Å². The van der Waals surface area contributed by atoms with E-state index < -0.39 is 11.6 Å². The molecule has 0 spiro atoms. The molecule has 1 N–H and O–H groups in total. The van der Waals surface area contributed by atoms with Gasteiger partial charge < -0.3 is 14.8 Å². The molecule has 108 valence electrons. The zero-order valence-electron chi connectivity index (χ0n) is 12.0. The van der Waals surface area contributed by atoms with E-state index in [1.807, 2.05) is 6.07 Å². The summed E-state index contributed by atoms with van der Waals surface area (Å²) in [6.07, 6.45) is 1.23. The van der Waals surface area contributed by atoms with Crippen LogP contribution in [0.25, 0.3) is 0 Å². The van der Waals surface area contributed by atoms with Gasteiger partial charge in [0.25, 0.3) is 0 Å². The Bertz CT molecular complexity index is 537. The number of fused-ring (bicyclic) bond motifs is 1. The Hall–Kier alpha value is -2.04. The van der Waals surface area contributed by atoms with Crippen molar-refractivity contribution < 1.29 is 19.1 Å². The number of anilines is 1. The van der Waals surface area contributed by atoms with Gasteiger partial charge in [-0.3, -0.25) is 4.79 Å². The Labute approximate surface area is 118 Å². The number of ether oxygens (including phenoxy) is 2. The van der Waals surface area contributed by atoms with Gasteiger partial charge in [0.2, 0.25) is 5.91 Å². The minimum atomic E-state index is -1.07. The molecule has 0 radical (unpaired) electrons. The monoisotopic (exact) mass is 277 g/mol. The van der Waals surface area contributed by atoms with Crippen LogP contribution in [0.2, 0.25) is 0 Å². The lowest BCUT2D eigenvalue weighted by Gasteiger charge is -2.25. The summed E-state index contributed by atoms with van der Waals surface area (Å²) in [6.45, 7) is 5.38. The van der Waals surface area contributed by atoms with Crippen LogP contribution >= 0.6 is 0 Å². The molecule has 0 aliphatic carbocycles. The van der Waals surface area contributed by atoms with Crippen LogP contribution in [0.3, 0.4) is 0 Å². The molecule has 5 nitrogen and oxygen atoms in total. The van der Waals surface area contributed by atoms with Crippen molar-refractivity contribution in [2.75, 3.05) is 11.9 Å². The number of rotatable bonds is 4. The van der Waals surface area contributed by atoms with Crippen molar-refractivity contribution in [1.29, 1.82) is 0 Å². The van der Waals surface area contributed by atoms with Crippen LogP contribution in [0.5, 0.6) is 5.75 Å². The van der Waals surface area contributed by atoms with E-state index in [1.165, 1.54) is 0 Å². The van der Waals surface area contributed by atoms with Gasteiger partial charge in [0.05, 0.1) is 6.61 Å². The molecule has 0 atom stereocenters. The molecule has 1 aliphatic heterocycles. The van der Waals surface area contributed by atoms with E-state index in [0.717, 1.165) is 17.7 Å². The average molecular weight is 277 g/mol. The predicted molar refractivity (Wildman–Crippen MR) is 74.7 cm³/mol. The molecule has 5 heteroatoms. The number of carbonyl (C=O) groups excluding carboxylic acids is 2. The fourth-order valence-corrected chi connectivity index (χ4v) is 2.06. The third-order valence-electron chi connectivity index (χ3n) is 3.12. The van der Waals surface area contributed by atoms with E-state index in [9.17, 15) is 9.59 Å². The third kappa shape index (κ3) is 3.10. The molecule has 2 rings (SSSR count). The molecule has 0 unspecified atom stereocenters. The number of benzene rings is 1. The quantitative estimate of drug-likeness (QED) is 0.858. The summed E-state index contributed by atoms with van der Waals surface area (Å²) in [4.78, 5) is 23.2. The van der Waals surface area contributed by atoms with Gasteiger partial charge in [-0.25, -0.2) is 4.79 Å². The van der Waals surface area contributed by atoms with Gasteiger partial charge in [-0.15, -0.1) is 0 Å². The second kappa shape index (κ2) is 5.53. The second-order valence-electron chi connectivity index (χ2n) is 5.20. The Morgan fingerprint density at radius 2 is 2.10 bits per heavy atom. The van der Waals surface area contributed by atoms with Crippen LogP contribution in [-0.2, 0) is 20.7 Å². The van der Waals surface area contributed by atoms with Gasteiger partial charge in [-0.05, 0) is 38.8 Å². The van der Waals surface area contributed by atoms with Gasteiger partial charge in [-0.2, -0.15) is 0 Å². The van der Waals surface area contributed by atoms with Crippen molar-refractivity contribution in [2.24, 2.45) is 0 Å². The van der Waals surface area contributed by atoms with Crippen LogP contribution < -0.4 is 10.1 Å². The van der Waals surface area contributed by atoms with E-state index in [-0.39, 0.29) is 5.91 Å². The Morgan fingerprint density at radius 3 is 2.80 bits per heavy atom. The summed E-state index contributed by atoms with van der Waals surface area (Å²) in [5.41, 5.74) is 0.757. The molecule has 1 aromatic carbocycles. The molecular formula is C15H19NO4. The van der Waals surface area contributed by atoms with Crippen LogP contribution in [0, 0.1) is 0 Å². The summed E-state index contributed by atoms with van der Waals surface area (Å²) < 4.78 is 10.7. The maximum atomic E-state index is 11.8. The topological polar surface area (TPSA) is 64.6 Å². The van der Waals surface area contributed by atoms with E-state index in [1.54, 1.807) is 32.9 Å². The van der Waals surface area contributed by atoms with E-state index in [0.29, 0.717) is 18.8 Å². The van der Waals surface area contributed by atoms with Gasteiger partial charge in [0.1, 0.15) is 5.75 Å². The highest BCUT2D eigenvalue weighted by molar-refractivity contribution is 5.94. The highest BCUT2D eigenvalue weighted by atomic mass is 16.6. The molecule has 0 saturated heterocycles. The van der Waals surface area contributed by atoms with Gasteiger partial charge >= 0.3 is 5.97 Å². The van der Waals surface area contributed by atoms with Crippen molar-refractivity contribution in [3.8, 4) is 5.75 Å². The second-order valence-corrected chi connectivity index (χ2v) is 5.20. The molecule has 0 bridgehead atoms. The lowest BCUT2D eigenvalue weighted by atomic mass is 10.0. The number of hydrogen-bond acceptors (Lipinski definition) is 4. The molecule has 0 saturated carbocycles. The van der Waals surface area contributed by atoms with E-state index in [2.05, 4.69) is 5.32 Å². The Balaban J connectivity index is 2.16. The fraction of sp³-hybridized carbons (Fsp3) is 0.467. The maximum absolute atomic E-state index is 11.8. The first-order chi connectivity index (χ1) is 9.42. The molecule has 1 heterocycles. The number of carbonyl (C=O) groups is 2. The number of esters is 1. The van der Waals surface area contributed by atoms with Crippen molar-refractivity contribution in [3.63, 3.8) is 0 Å². The van der Waals surface area contributed by atoms with Gasteiger partial charge in [-0.1, -0.05) is 6.07 Å². The first kappa shape index (κ1) is 14.4. The minimum absolute atomic E-state index is 0.000645.